The molecule has 2 aromatic rings. The van der Waals surface area contributed by atoms with E-state index >= 15 is 0 Å². The first kappa shape index (κ1) is 18.8. The summed E-state index contributed by atoms with van der Waals surface area (Å²) in [7, 11) is 0. The van der Waals surface area contributed by atoms with Crippen LogP contribution < -0.4 is 11.3 Å². The Morgan fingerprint density at radius 1 is 1.39 bits per heavy atom. The number of carbonyl (C=O) groups excluding carboxylic acids is 1. The first-order valence-electron chi connectivity index (χ1n) is 9.02. The van der Waals surface area contributed by atoms with Crippen LogP contribution in [-0.4, -0.2) is 85.7 Å². The van der Waals surface area contributed by atoms with Crippen molar-refractivity contribution in [3.8, 4) is 0 Å². The quantitative estimate of drug-likeness (QED) is 0.450. The fourth-order valence-corrected chi connectivity index (χ4v) is 3.73. The summed E-state index contributed by atoms with van der Waals surface area (Å²) in [6.07, 6.45) is -1.48. The number of imidazole rings is 1. The minimum Gasteiger partial charge on any atom is -0.394 e. The van der Waals surface area contributed by atoms with E-state index in [1.807, 2.05) is 0 Å². The molecule has 4 atom stereocenters. The zero-order valence-corrected chi connectivity index (χ0v) is 15.0. The van der Waals surface area contributed by atoms with Crippen LogP contribution in [0.4, 0.5) is 5.95 Å². The number of nitrogen functional groups attached to an aromatic ring is 1. The number of hydrogen-bond acceptors (Lipinski definition) is 9. The maximum atomic E-state index is 12.6. The van der Waals surface area contributed by atoms with Gasteiger partial charge in [0.2, 0.25) is 11.9 Å². The molecule has 0 unspecified atom stereocenters. The van der Waals surface area contributed by atoms with E-state index in [1.54, 1.807) is 4.90 Å². The van der Waals surface area contributed by atoms with Crippen LogP contribution in [0.2, 0.25) is 0 Å². The number of carbonyl (C=O) groups is 1. The number of anilines is 1. The normalized spacial score (nSPS) is 28.1. The molecule has 5 N–H and O–H groups in total. The molecular formula is C16H22N6O6. The first-order valence-corrected chi connectivity index (χ1v) is 9.02. The Morgan fingerprint density at radius 2 is 2.14 bits per heavy atom. The summed E-state index contributed by atoms with van der Waals surface area (Å²) in [5, 5.41) is 20.5. The first-order chi connectivity index (χ1) is 13.5. The van der Waals surface area contributed by atoms with Gasteiger partial charge in [-0.1, -0.05) is 0 Å². The van der Waals surface area contributed by atoms with Crippen molar-refractivity contribution in [3.63, 3.8) is 0 Å². The van der Waals surface area contributed by atoms with Crippen molar-refractivity contribution in [1.82, 2.24) is 24.4 Å². The highest BCUT2D eigenvalue weighted by atomic mass is 16.5. The van der Waals surface area contributed by atoms with Crippen molar-refractivity contribution in [2.24, 2.45) is 5.92 Å². The molecule has 1 amide bonds. The number of hydrogen-bond donors (Lipinski definition) is 4. The van der Waals surface area contributed by atoms with Gasteiger partial charge in [-0.15, -0.1) is 0 Å². The Labute approximate surface area is 158 Å². The number of rotatable bonds is 4. The molecule has 12 nitrogen and oxygen atoms in total. The lowest BCUT2D eigenvalue weighted by Crippen LogP contribution is -2.43. The van der Waals surface area contributed by atoms with Crippen LogP contribution in [0.5, 0.6) is 0 Å². The van der Waals surface area contributed by atoms with Crippen molar-refractivity contribution in [3.05, 3.63) is 16.7 Å². The van der Waals surface area contributed by atoms with Gasteiger partial charge in [-0.2, -0.15) is 4.98 Å². The number of aliphatic hydroxyl groups excluding tert-OH is 2. The fraction of sp³-hybridized carbons (Fsp3) is 0.625. The number of amides is 1. The van der Waals surface area contributed by atoms with E-state index in [0.29, 0.717) is 26.3 Å². The van der Waals surface area contributed by atoms with Gasteiger partial charge in [0.1, 0.15) is 6.10 Å². The Kier molecular flexibility index (Phi) is 5.02. The van der Waals surface area contributed by atoms with Crippen molar-refractivity contribution in [2.45, 2.75) is 24.9 Å². The highest BCUT2D eigenvalue weighted by Crippen LogP contribution is 2.37. The number of nitrogens with two attached hydrogens (primary N) is 1. The molecule has 2 saturated heterocycles. The van der Waals surface area contributed by atoms with Gasteiger partial charge in [0, 0.05) is 25.4 Å². The van der Waals surface area contributed by atoms with Gasteiger partial charge in [0.25, 0.3) is 5.56 Å². The Balaban J connectivity index is 1.58. The number of morpholine rings is 1. The second-order valence-electron chi connectivity index (χ2n) is 6.87. The van der Waals surface area contributed by atoms with Gasteiger partial charge in [0.15, 0.2) is 17.4 Å². The van der Waals surface area contributed by atoms with E-state index in [1.165, 1.54) is 10.9 Å². The number of fused-ring (bicyclic) bond motifs is 1. The zero-order valence-electron chi connectivity index (χ0n) is 15.0. The van der Waals surface area contributed by atoms with Gasteiger partial charge in [-0.25, -0.2) is 4.98 Å². The summed E-state index contributed by atoms with van der Waals surface area (Å²) in [6.45, 7) is 1.58. The molecule has 2 fully saturated rings. The van der Waals surface area contributed by atoms with Gasteiger partial charge in [-0.05, 0) is 0 Å². The largest absolute Gasteiger partial charge is 0.394 e. The van der Waals surface area contributed by atoms with E-state index in [-0.39, 0.29) is 36.0 Å². The van der Waals surface area contributed by atoms with Gasteiger partial charge in [-0.3, -0.25) is 19.1 Å². The van der Waals surface area contributed by atoms with Gasteiger partial charge in [0.05, 0.1) is 32.3 Å². The summed E-state index contributed by atoms with van der Waals surface area (Å²) in [5.74, 6) is -0.851. The number of H-pyrrole nitrogens is 1. The second-order valence-corrected chi connectivity index (χ2v) is 6.87. The highest BCUT2D eigenvalue weighted by molar-refractivity contribution is 5.76. The standard InChI is InChI=1S/C16H22N6O6/c17-16-19-13-11(14(26)20-16)18-7-22(13)15-12(25)8(9(6-23)28-15)5-10(24)21-1-3-27-4-2-21/h7-9,12,15,23,25H,1-6H2,(H3,17,19,20,26)/t8-,9-,12-,15-/m1/s1. The fourth-order valence-electron chi connectivity index (χ4n) is 3.73. The molecule has 4 rings (SSSR count). The minimum absolute atomic E-state index is 0.0195. The number of nitrogens with one attached hydrogen (secondary N) is 1. The maximum absolute atomic E-state index is 12.6. The lowest BCUT2D eigenvalue weighted by atomic mass is 9.93. The minimum atomic E-state index is -1.11. The smallest absolute Gasteiger partial charge is 0.280 e. The van der Waals surface area contributed by atoms with E-state index in [0.717, 1.165) is 0 Å². The van der Waals surface area contributed by atoms with Gasteiger partial charge >= 0.3 is 0 Å². The third-order valence-corrected chi connectivity index (χ3v) is 5.20. The molecule has 0 saturated carbocycles. The van der Waals surface area contributed by atoms with E-state index in [4.69, 9.17) is 15.2 Å². The molecular weight excluding hydrogens is 372 g/mol. The molecule has 4 heterocycles. The van der Waals surface area contributed by atoms with E-state index in [9.17, 15) is 19.8 Å². The predicted molar refractivity (Wildman–Crippen MR) is 95.1 cm³/mol. The molecule has 12 heteroatoms. The number of nitrogens with zero attached hydrogens (tertiary/aromatic N) is 4. The van der Waals surface area contributed by atoms with Crippen molar-refractivity contribution < 1.29 is 24.5 Å². The Morgan fingerprint density at radius 3 is 2.86 bits per heavy atom. The van der Waals surface area contributed by atoms with Gasteiger partial charge < -0.3 is 30.3 Å². The Hall–Kier alpha value is -2.54. The molecule has 0 bridgehead atoms. The third-order valence-electron chi connectivity index (χ3n) is 5.20. The SMILES string of the molecule is Nc1nc2c(ncn2[C@@H]2O[C@H](CO)[C@@H](CC(=O)N3CCOCC3)[C@H]2O)c(=O)[nH]1. The summed E-state index contributed by atoms with van der Waals surface area (Å²) < 4.78 is 12.4. The van der Waals surface area contributed by atoms with Crippen LogP contribution in [0.1, 0.15) is 12.6 Å². The number of ether oxygens (including phenoxy) is 2. The van der Waals surface area contributed by atoms with Crippen LogP contribution in [0.15, 0.2) is 11.1 Å². The molecule has 152 valence electrons. The van der Waals surface area contributed by atoms with Crippen LogP contribution in [0.25, 0.3) is 11.2 Å². The number of aliphatic hydroxyl groups is 2. The topological polar surface area (TPSA) is 169 Å². The summed E-state index contributed by atoms with van der Waals surface area (Å²) in [5.41, 5.74) is 5.30. The predicted octanol–water partition coefficient (Wildman–Crippen LogP) is -2.18. The Bertz CT molecular complexity index is 922. The summed E-state index contributed by atoms with van der Waals surface area (Å²) in [4.78, 5) is 36.6. The second kappa shape index (κ2) is 7.47. The van der Waals surface area contributed by atoms with E-state index < -0.39 is 29.9 Å². The van der Waals surface area contributed by atoms with Crippen molar-refractivity contribution in [2.75, 3.05) is 38.6 Å². The molecule has 2 aliphatic rings. The molecule has 0 aliphatic carbocycles. The molecule has 0 aromatic carbocycles. The van der Waals surface area contributed by atoms with Crippen LogP contribution >= 0.6 is 0 Å². The van der Waals surface area contributed by atoms with Crippen LogP contribution in [-0.2, 0) is 14.3 Å². The zero-order chi connectivity index (χ0) is 19.8. The monoisotopic (exact) mass is 394 g/mol. The molecule has 2 aliphatic heterocycles. The lowest BCUT2D eigenvalue weighted by Gasteiger charge is -2.29. The average molecular weight is 394 g/mol. The molecule has 2 aromatic heterocycles. The molecule has 0 spiro atoms. The average Bonchev–Trinajstić information content (AvgIpc) is 3.24. The number of aromatic amines is 1. The van der Waals surface area contributed by atoms with Crippen molar-refractivity contribution in [1.29, 1.82) is 0 Å². The molecule has 28 heavy (non-hydrogen) atoms. The highest BCUT2D eigenvalue weighted by Gasteiger charge is 2.46. The molecule has 0 radical (unpaired) electrons. The third kappa shape index (κ3) is 3.24. The number of aromatic nitrogens is 4. The van der Waals surface area contributed by atoms with Crippen LogP contribution in [0, 0.1) is 5.92 Å². The summed E-state index contributed by atoms with van der Waals surface area (Å²) in [6, 6.07) is 0. The summed E-state index contributed by atoms with van der Waals surface area (Å²) >= 11 is 0. The van der Waals surface area contributed by atoms with Crippen LogP contribution in [0.3, 0.4) is 0 Å². The lowest BCUT2D eigenvalue weighted by molar-refractivity contribution is -0.137. The van der Waals surface area contributed by atoms with E-state index in [2.05, 4.69) is 15.0 Å². The maximum Gasteiger partial charge on any atom is 0.280 e. The van der Waals surface area contributed by atoms with Crippen molar-refractivity contribution >= 4 is 23.0 Å².